The summed E-state index contributed by atoms with van der Waals surface area (Å²) < 4.78 is 0. The molecule has 1 aliphatic carbocycles. The number of aliphatic hydroxyl groups excluding tert-OH is 1. The minimum absolute atomic E-state index is 0.0392. The fourth-order valence-corrected chi connectivity index (χ4v) is 4.16. The molecule has 3 rings (SSSR count). The van der Waals surface area contributed by atoms with Crippen LogP contribution in [-0.4, -0.2) is 59.1 Å². The Hall–Kier alpha value is -1.43. The van der Waals surface area contributed by atoms with Crippen molar-refractivity contribution in [3.8, 4) is 0 Å². The number of piperazine rings is 1. The third-order valence-corrected chi connectivity index (χ3v) is 5.85. The van der Waals surface area contributed by atoms with E-state index in [1.807, 2.05) is 42.2 Å². The van der Waals surface area contributed by atoms with Crippen molar-refractivity contribution in [3.63, 3.8) is 0 Å². The number of amides is 1. The third kappa shape index (κ3) is 4.40. The molecule has 2 aliphatic rings. The number of hydrogen-bond acceptors (Lipinski definition) is 4. The molecule has 3 N–H and O–H groups in total. The quantitative estimate of drug-likeness (QED) is 0.873. The molecule has 1 aromatic rings. The summed E-state index contributed by atoms with van der Waals surface area (Å²) in [4.78, 5) is 17.1. The molecule has 2 fully saturated rings. The van der Waals surface area contributed by atoms with Crippen LogP contribution in [0.2, 0.25) is 0 Å². The maximum atomic E-state index is 12.9. The number of hydrogen-bond donors (Lipinski definition) is 2. The second kappa shape index (κ2) is 7.85. The van der Waals surface area contributed by atoms with E-state index in [0.29, 0.717) is 6.54 Å². The molecule has 0 radical (unpaired) electrons. The number of nitrogens with zero attached hydrogens (tertiary/aromatic N) is 2. The molecule has 0 aromatic heterocycles. The average Bonchev–Trinajstić information content (AvgIpc) is 2.62. The summed E-state index contributed by atoms with van der Waals surface area (Å²) >= 11 is 0. The largest absolute Gasteiger partial charge is 0.387 e. The number of aliphatic hydroxyl groups is 1. The Kier molecular flexibility index (Phi) is 5.77. The highest BCUT2D eigenvalue weighted by molar-refractivity contribution is 5.80. The molecule has 1 aromatic carbocycles. The number of carbonyl (C=O) groups is 1. The van der Waals surface area contributed by atoms with E-state index in [1.165, 1.54) is 0 Å². The summed E-state index contributed by atoms with van der Waals surface area (Å²) in [5.41, 5.74) is 6.98. The molecule has 3 unspecified atom stereocenters. The topological polar surface area (TPSA) is 69.8 Å². The van der Waals surface area contributed by atoms with Crippen LogP contribution in [0.15, 0.2) is 30.3 Å². The average molecular weight is 345 g/mol. The Labute approximate surface area is 150 Å². The minimum atomic E-state index is -0.478. The van der Waals surface area contributed by atoms with Gasteiger partial charge in [-0.05, 0) is 25.3 Å². The Balaban J connectivity index is 1.51. The second-order valence-corrected chi connectivity index (χ2v) is 7.86. The maximum absolute atomic E-state index is 12.9. The highest BCUT2D eigenvalue weighted by atomic mass is 16.3. The second-order valence-electron chi connectivity index (χ2n) is 7.86. The molecule has 1 amide bonds. The lowest BCUT2D eigenvalue weighted by Crippen LogP contribution is -2.57. The molecule has 1 heterocycles. The zero-order valence-corrected chi connectivity index (χ0v) is 15.2. The summed E-state index contributed by atoms with van der Waals surface area (Å²) in [6.07, 6.45) is 3.61. The zero-order valence-electron chi connectivity index (χ0n) is 15.2. The molecular weight excluding hydrogens is 314 g/mol. The van der Waals surface area contributed by atoms with Gasteiger partial charge in [-0.25, -0.2) is 0 Å². The van der Waals surface area contributed by atoms with Gasteiger partial charge in [-0.15, -0.1) is 0 Å². The van der Waals surface area contributed by atoms with Crippen LogP contribution in [0, 0.1) is 5.92 Å². The van der Waals surface area contributed by atoms with Crippen LogP contribution in [0.4, 0.5) is 0 Å². The first-order valence-corrected chi connectivity index (χ1v) is 9.50. The first kappa shape index (κ1) is 18.4. The number of rotatable bonds is 4. The van der Waals surface area contributed by atoms with Crippen LogP contribution < -0.4 is 5.73 Å². The Bertz CT molecular complexity index is 568. The van der Waals surface area contributed by atoms with E-state index in [1.54, 1.807) is 0 Å². The fourth-order valence-electron chi connectivity index (χ4n) is 4.16. The van der Waals surface area contributed by atoms with Crippen molar-refractivity contribution in [3.05, 3.63) is 35.9 Å². The lowest BCUT2D eigenvalue weighted by Gasteiger charge is -2.42. The van der Waals surface area contributed by atoms with Crippen molar-refractivity contribution >= 4 is 5.91 Å². The summed E-state index contributed by atoms with van der Waals surface area (Å²) in [7, 11) is 0. The van der Waals surface area contributed by atoms with Gasteiger partial charge in [0.05, 0.1) is 12.0 Å². The molecule has 1 saturated heterocycles. The molecule has 1 aliphatic heterocycles. The Morgan fingerprint density at radius 1 is 1.24 bits per heavy atom. The molecule has 0 bridgehead atoms. The van der Waals surface area contributed by atoms with E-state index in [0.717, 1.165) is 57.4 Å². The van der Waals surface area contributed by atoms with Gasteiger partial charge in [0.1, 0.15) is 0 Å². The molecule has 5 heteroatoms. The van der Waals surface area contributed by atoms with E-state index in [9.17, 15) is 9.90 Å². The van der Waals surface area contributed by atoms with Crippen LogP contribution in [0.5, 0.6) is 0 Å². The Morgan fingerprint density at radius 2 is 1.92 bits per heavy atom. The minimum Gasteiger partial charge on any atom is -0.387 e. The highest BCUT2D eigenvalue weighted by Gasteiger charge is 2.40. The van der Waals surface area contributed by atoms with Crippen molar-refractivity contribution in [1.82, 2.24) is 9.80 Å². The predicted octanol–water partition coefficient (Wildman–Crippen LogP) is 1.77. The van der Waals surface area contributed by atoms with Gasteiger partial charge in [-0.1, -0.05) is 43.2 Å². The number of β-amino-alcohol motifs (C(OH)–C–C–N with tert-alkyl or cyclic N) is 1. The van der Waals surface area contributed by atoms with Gasteiger partial charge in [0.25, 0.3) is 0 Å². The van der Waals surface area contributed by atoms with Gasteiger partial charge in [0.15, 0.2) is 0 Å². The number of nitrogens with two attached hydrogens (primary N) is 1. The van der Waals surface area contributed by atoms with Crippen LogP contribution in [0.1, 0.15) is 44.3 Å². The Morgan fingerprint density at radius 3 is 2.56 bits per heavy atom. The van der Waals surface area contributed by atoms with Crippen LogP contribution in [0.3, 0.4) is 0 Å². The van der Waals surface area contributed by atoms with E-state index in [2.05, 4.69) is 4.90 Å². The van der Waals surface area contributed by atoms with Gasteiger partial charge < -0.3 is 15.7 Å². The van der Waals surface area contributed by atoms with Gasteiger partial charge in [-0.3, -0.25) is 9.69 Å². The molecular formula is C20H31N3O2. The molecule has 3 atom stereocenters. The zero-order chi connectivity index (χ0) is 17.9. The van der Waals surface area contributed by atoms with Gasteiger partial charge >= 0.3 is 0 Å². The molecule has 138 valence electrons. The normalized spacial score (nSPS) is 29.4. The summed E-state index contributed by atoms with van der Waals surface area (Å²) in [5.74, 6) is 0.190. The van der Waals surface area contributed by atoms with Crippen LogP contribution >= 0.6 is 0 Å². The smallest absolute Gasteiger partial charge is 0.227 e. The van der Waals surface area contributed by atoms with Crippen molar-refractivity contribution in [1.29, 1.82) is 0 Å². The number of carbonyl (C=O) groups excluding carboxylic acids is 1. The first-order chi connectivity index (χ1) is 12.0. The molecule has 25 heavy (non-hydrogen) atoms. The van der Waals surface area contributed by atoms with E-state index in [4.69, 9.17) is 5.73 Å². The van der Waals surface area contributed by atoms with Crippen molar-refractivity contribution in [2.45, 2.75) is 44.2 Å². The van der Waals surface area contributed by atoms with E-state index >= 15 is 0 Å². The van der Waals surface area contributed by atoms with Crippen LogP contribution in [0.25, 0.3) is 0 Å². The van der Waals surface area contributed by atoms with Crippen molar-refractivity contribution in [2.24, 2.45) is 11.7 Å². The molecule has 0 spiro atoms. The molecule has 1 saturated carbocycles. The summed E-state index contributed by atoms with van der Waals surface area (Å²) in [6, 6.07) is 9.76. The first-order valence-electron chi connectivity index (χ1n) is 9.50. The lowest BCUT2D eigenvalue weighted by molar-refractivity contribution is -0.140. The SMILES string of the molecule is CC1(N)CCCCC1C(=O)N1CCN(CC(O)c2ccccc2)CC1. The van der Waals surface area contributed by atoms with Gasteiger partial charge in [0, 0.05) is 38.3 Å². The third-order valence-electron chi connectivity index (χ3n) is 5.85. The standard InChI is InChI=1S/C20H31N3O2/c1-20(21)10-6-5-9-17(20)19(25)23-13-11-22(12-14-23)15-18(24)16-7-3-2-4-8-16/h2-4,7-8,17-18,24H,5-6,9-15,21H2,1H3. The van der Waals surface area contributed by atoms with Crippen molar-refractivity contribution in [2.75, 3.05) is 32.7 Å². The van der Waals surface area contributed by atoms with E-state index in [-0.39, 0.29) is 17.4 Å². The monoisotopic (exact) mass is 345 g/mol. The van der Waals surface area contributed by atoms with Crippen molar-refractivity contribution < 1.29 is 9.90 Å². The highest BCUT2D eigenvalue weighted by Crippen LogP contribution is 2.33. The predicted molar refractivity (Wildman–Crippen MR) is 99.0 cm³/mol. The van der Waals surface area contributed by atoms with E-state index < -0.39 is 6.10 Å². The molecule has 5 nitrogen and oxygen atoms in total. The maximum Gasteiger partial charge on any atom is 0.227 e. The lowest BCUT2D eigenvalue weighted by atomic mass is 9.74. The number of benzene rings is 1. The summed E-state index contributed by atoms with van der Waals surface area (Å²) in [5, 5.41) is 10.4. The van der Waals surface area contributed by atoms with Gasteiger partial charge in [0.2, 0.25) is 5.91 Å². The van der Waals surface area contributed by atoms with Gasteiger partial charge in [-0.2, -0.15) is 0 Å². The summed E-state index contributed by atoms with van der Waals surface area (Å²) in [6.45, 7) is 5.72. The fraction of sp³-hybridized carbons (Fsp3) is 0.650. The van der Waals surface area contributed by atoms with Crippen LogP contribution in [-0.2, 0) is 4.79 Å².